The molecule has 1 aromatic heterocycles. The molecule has 0 bridgehead atoms. The van der Waals surface area contributed by atoms with Gasteiger partial charge in [0.1, 0.15) is 23.2 Å². The van der Waals surface area contributed by atoms with Crippen molar-refractivity contribution in [2.75, 3.05) is 7.11 Å². The smallest absolute Gasteiger partial charge is 0.460 e. The Balaban J connectivity index is 2.12. The lowest BCUT2D eigenvalue weighted by atomic mass is 10.1. The van der Waals surface area contributed by atoms with Gasteiger partial charge in [-0.1, -0.05) is 0 Å². The Hall–Kier alpha value is -2.98. The van der Waals surface area contributed by atoms with E-state index < -0.39 is 39.2 Å². The molecule has 0 aliphatic carbocycles. The highest BCUT2D eigenvalue weighted by atomic mass is 32.2. The van der Waals surface area contributed by atoms with Gasteiger partial charge in [0.25, 0.3) is 0 Å². The zero-order valence-corrected chi connectivity index (χ0v) is 17.6. The second-order valence-corrected chi connectivity index (χ2v) is 8.44. The van der Waals surface area contributed by atoms with Crippen molar-refractivity contribution >= 4 is 15.9 Å². The van der Waals surface area contributed by atoms with Gasteiger partial charge in [-0.2, -0.15) is 47.9 Å². The Kier molecular flexibility index (Phi) is 5.86. The Bertz CT molecular complexity index is 1250. The van der Waals surface area contributed by atoms with Gasteiger partial charge in [0.2, 0.25) is 0 Å². The lowest BCUT2D eigenvalue weighted by Gasteiger charge is -2.32. The van der Waals surface area contributed by atoms with Crippen molar-refractivity contribution in [2.24, 2.45) is 0 Å². The van der Waals surface area contributed by atoms with E-state index in [1.165, 1.54) is 30.7 Å². The summed E-state index contributed by atoms with van der Waals surface area (Å²) in [7, 11) is -5.97. The van der Waals surface area contributed by atoms with Gasteiger partial charge >= 0.3 is 33.4 Å². The van der Waals surface area contributed by atoms with Gasteiger partial charge in [0.05, 0.1) is 12.8 Å². The van der Waals surface area contributed by atoms with Gasteiger partial charge in [0.15, 0.2) is 0 Å². The minimum atomic E-state index is -7.42. The summed E-state index contributed by atoms with van der Waals surface area (Å²) in [5.74, 6) is -15.6. The maximum Gasteiger partial charge on any atom is 0.460 e. The van der Waals surface area contributed by atoms with E-state index in [4.69, 9.17) is 4.74 Å². The summed E-state index contributed by atoms with van der Waals surface area (Å²) in [5.41, 5.74) is -0.376. The van der Waals surface area contributed by atoms with Crippen molar-refractivity contribution in [3.05, 3.63) is 41.5 Å². The topological polar surface area (TPSA) is 83.3 Å². The van der Waals surface area contributed by atoms with Gasteiger partial charge in [-0.25, -0.2) is 0 Å². The number of allylic oxidation sites excluding steroid dienone is 1. The summed E-state index contributed by atoms with van der Waals surface area (Å²) in [6, 6.07) is 3.64. The fourth-order valence-corrected chi connectivity index (χ4v) is 3.89. The Morgan fingerprint density at radius 1 is 0.971 bits per heavy atom. The van der Waals surface area contributed by atoms with Crippen LogP contribution in [0.1, 0.15) is 17.2 Å². The average Bonchev–Trinajstić information content (AvgIpc) is 3.01. The van der Waals surface area contributed by atoms with E-state index in [0.717, 1.165) is 12.1 Å². The highest BCUT2D eigenvalue weighted by Crippen LogP contribution is 2.55. The Labute approximate surface area is 184 Å². The van der Waals surface area contributed by atoms with Gasteiger partial charge in [-0.3, -0.25) is 4.57 Å². The summed E-state index contributed by atoms with van der Waals surface area (Å²) < 4.78 is 153. The molecule has 34 heavy (non-hydrogen) atoms. The summed E-state index contributed by atoms with van der Waals surface area (Å²) in [4.78, 5) is 0. The third kappa shape index (κ3) is 3.65. The number of hydrogen-bond acceptors (Lipinski definition) is 6. The number of aromatic nitrogens is 3. The fourth-order valence-electron chi connectivity index (χ4n) is 2.95. The second kappa shape index (κ2) is 7.78. The van der Waals surface area contributed by atoms with Crippen LogP contribution in [0.2, 0.25) is 0 Å². The number of halogens is 9. The second-order valence-electron chi connectivity index (χ2n) is 6.86. The van der Waals surface area contributed by atoms with E-state index >= 15 is 0 Å². The van der Waals surface area contributed by atoms with Gasteiger partial charge < -0.3 is 8.92 Å². The zero-order valence-electron chi connectivity index (χ0n) is 16.8. The predicted molar refractivity (Wildman–Crippen MR) is 95.2 cm³/mol. The van der Waals surface area contributed by atoms with Crippen molar-refractivity contribution < 1.29 is 56.9 Å². The Morgan fingerprint density at radius 3 is 2.15 bits per heavy atom. The fraction of sp³-hybridized carbons (Fsp3) is 0.412. The number of fused-ring (bicyclic) bond motifs is 3. The van der Waals surface area contributed by atoms with Crippen LogP contribution in [0.5, 0.6) is 5.75 Å². The maximum absolute atomic E-state index is 14.1. The molecular formula is C17H12F9N3O4S. The molecule has 0 saturated heterocycles. The first-order chi connectivity index (χ1) is 15.4. The molecular weight excluding hydrogens is 513 g/mol. The van der Waals surface area contributed by atoms with E-state index in [2.05, 4.69) is 14.4 Å². The number of alkyl halides is 9. The van der Waals surface area contributed by atoms with Crippen LogP contribution in [-0.2, 0) is 20.7 Å². The first kappa shape index (κ1) is 25.6. The standard InChI is InChI=1S/C17H12F9N3O4S/c1-8-27-28-13-6-5-12(10-7-9(32-2)3-4-11(10)29(8)13)33-34(30,31)17(25,26)15(20,21)14(18,19)16(22,23)24/h3-5,7H,6H2,1-2H3. The number of methoxy groups -OCH3 is 1. The molecule has 0 fully saturated rings. The molecule has 1 aromatic carbocycles. The summed E-state index contributed by atoms with van der Waals surface area (Å²) in [6.45, 7) is 1.46. The molecule has 17 heteroatoms. The molecule has 0 atom stereocenters. The number of ether oxygens (including phenoxy) is 1. The molecule has 0 spiro atoms. The van der Waals surface area contributed by atoms with E-state index in [9.17, 15) is 47.9 Å². The first-order valence-electron chi connectivity index (χ1n) is 8.83. The van der Waals surface area contributed by atoms with E-state index in [1.54, 1.807) is 0 Å². The van der Waals surface area contributed by atoms with Crippen LogP contribution in [0.15, 0.2) is 24.3 Å². The molecule has 0 amide bonds. The van der Waals surface area contributed by atoms with Crippen LogP contribution in [0.3, 0.4) is 0 Å². The molecule has 1 aliphatic rings. The molecule has 0 unspecified atom stereocenters. The minimum absolute atomic E-state index is 0.000482. The highest BCUT2D eigenvalue weighted by Gasteiger charge is 2.86. The van der Waals surface area contributed by atoms with Crippen LogP contribution in [0.4, 0.5) is 39.5 Å². The third-order valence-electron chi connectivity index (χ3n) is 4.70. The SMILES string of the molecule is COc1ccc2c(c1)C(OS(=O)(=O)C(F)(F)C(F)(F)C(F)(F)C(F)(F)F)=CCc1nnc(C)n1-2. The van der Waals surface area contributed by atoms with Gasteiger partial charge in [0, 0.05) is 12.0 Å². The van der Waals surface area contributed by atoms with Gasteiger partial charge in [-0.05, 0) is 31.2 Å². The molecule has 0 radical (unpaired) electrons. The average molecular weight is 525 g/mol. The summed E-state index contributed by atoms with van der Waals surface area (Å²) in [5, 5.41) is 0.559. The monoisotopic (exact) mass is 525 g/mol. The van der Waals surface area contributed by atoms with E-state index in [-0.39, 0.29) is 35.1 Å². The lowest BCUT2D eigenvalue weighted by Crippen LogP contribution is -2.63. The largest absolute Gasteiger partial charge is 0.497 e. The molecule has 3 rings (SSSR count). The molecule has 2 aromatic rings. The van der Waals surface area contributed by atoms with Crippen molar-refractivity contribution in [3.63, 3.8) is 0 Å². The third-order valence-corrected chi connectivity index (χ3v) is 5.98. The molecule has 0 saturated carbocycles. The predicted octanol–water partition coefficient (Wildman–Crippen LogP) is 4.25. The van der Waals surface area contributed by atoms with Gasteiger partial charge in [-0.15, -0.1) is 10.2 Å². The number of benzene rings is 1. The highest BCUT2D eigenvalue weighted by molar-refractivity contribution is 7.88. The number of rotatable bonds is 6. The van der Waals surface area contributed by atoms with Crippen LogP contribution in [-0.4, -0.2) is 53.6 Å². The molecule has 7 nitrogen and oxygen atoms in total. The van der Waals surface area contributed by atoms with Crippen LogP contribution < -0.4 is 4.74 Å². The number of aryl methyl sites for hydroxylation is 1. The number of nitrogens with zero attached hydrogens (tertiary/aromatic N) is 3. The van der Waals surface area contributed by atoms with Crippen molar-refractivity contribution in [3.8, 4) is 11.4 Å². The Morgan fingerprint density at radius 2 is 1.59 bits per heavy atom. The zero-order chi connectivity index (χ0) is 25.9. The van der Waals surface area contributed by atoms with E-state index in [1.807, 2.05) is 0 Å². The first-order valence-corrected chi connectivity index (χ1v) is 10.2. The molecule has 0 N–H and O–H groups in total. The van der Waals surface area contributed by atoms with Crippen molar-refractivity contribution in [2.45, 2.75) is 36.6 Å². The van der Waals surface area contributed by atoms with Crippen LogP contribution in [0.25, 0.3) is 11.4 Å². The van der Waals surface area contributed by atoms with Crippen LogP contribution in [0, 0.1) is 6.92 Å². The van der Waals surface area contributed by atoms with Crippen molar-refractivity contribution in [1.82, 2.24) is 14.8 Å². The summed E-state index contributed by atoms with van der Waals surface area (Å²) in [6.07, 6.45) is -6.79. The van der Waals surface area contributed by atoms with E-state index in [0.29, 0.717) is 0 Å². The van der Waals surface area contributed by atoms with Crippen molar-refractivity contribution in [1.29, 1.82) is 0 Å². The molecule has 188 valence electrons. The summed E-state index contributed by atoms with van der Waals surface area (Å²) >= 11 is 0. The number of hydrogen-bond donors (Lipinski definition) is 0. The molecule has 1 aliphatic heterocycles. The minimum Gasteiger partial charge on any atom is -0.497 e. The maximum atomic E-state index is 14.1. The lowest BCUT2D eigenvalue weighted by molar-refractivity contribution is -0.382. The normalized spacial score (nSPS) is 15.2. The quantitative estimate of drug-likeness (QED) is 0.414. The van der Waals surface area contributed by atoms with Crippen LogP contribution >= 0.6 is 0 Å². The molecule has 2 heterocycles.